The lowest BCUT2D eigenvalue weighted by molar-refractivity contribution is -0.136. The highest BCUT2D eigenvalue weighted by Crippen LogP contribution is 2.24. The molecule has 0 aliphatic carbocycles. The van der Waals surface area contributed by atoms with Crippen molar-refractivity contribution in [3.8, 4) is 0 Å². The van der Waals surface area contributed by atoms with E-state index in [0.29, 0.717) is 13.0 Å². The molecule has 0 saturated carbocycles. The first-order valence-corrected chi connectivity index (χ1v) is 7.54. The Balaban J connectivity index is 2.25. The molecule has 0 bridgehead atoms. The van der Waals surface area contributed by atoms with E-state index in [9.17, 15) is 9.59 Å². The number of nitrogens with zero attached hydrogens (tertiary/aromatic N) is 2. The van der Waals surface area contributed by atoms with Crippen molar-refractivity contribution >= 4 is 11.8 Å². The monoisotopic (exact) mass is 289 g/mol. The lowest BCUT2D eigenvalue weighted by Gasteiger charge is -2.32. The Morgan fingerprint density at radius 1 is 1.33 bits per heavy atom. The number of aromatic nitrogens is 1. The van der Waals surface area contributed by atoms with E-state index in [-0.39, 0.29) is 23.8 Å². The van der Waals surface area contributed by atoms with Crippen LogP contribution in [0.25, 0.3) is 0 Å². The molecule has 1 N–H and O–H groups in total. The molecule has 1 fully saturated rings. The Bertz CT molecular complexity index is 504. The summed E-state index contributed by atoms with van der Waals surface area (Å²) in [6, 6.07) is 3.35. The second-order valence-corrected chi connectivity index (χ2v) is 5.67. The summed E-state index contributed by atoms with van der Waals surface area (Å²) in [5, 5.41) is 2.87. The molecular weight excluding hydrogens is 266 g/mol. The zero-order valence-corrected chi connectivity index (χ0v) is 12.9. The zero-order chi connectivity index (χ0) is 15.4. The fraction of sp³-hybridized carbons (Fsp3) is 0.562. The van der Waals surface area contributed by atoms with Gasteiger partial charge in [-0.15, -0.1) is 0 Å². The molecule has 3 atom stereocenters. The highest BCUT2D eigenvalue weighted by Gasteiger charge is 2.35. The third-order valence-electron chi connectivity index (χ3n) is 4.31. The fourth-order valence-electron chi connectivity index (χ4n) is 2.65. The van der Waals surface area contributed by atoms with Crippen LogP contribution in [0.1, 0.15) is 45.2 Å². The fourth-order valence-corrected chi connectivity index (χ4v) is 2.65. The Hall–Kier alpha value is -1.91. The topological polar surface area (TPSA) is 62.3 Å². The van der Waals surface area contributed by atoms with Crippen LogP contribution in [0.3, 0.4) is 0 Å². The molecule has 3 unspecified atom stereocenters. The van der Waals surface area contributed by atoms with Gasteiger partial charge in [0.25, 0.3) is 0 Å². The van der Waals surface area contributed by atoms with Gasteiger partial charge >= 0.3 is 0 Å². The minimum Gasteiger partial charge on any atom is -0.344 e. The van der Waals surface area contributed by atoms with E-state index in [1.54, 1.807) is 12.4 Å². The van der Waals surface area contributed by atoms with Gasteiger partial charge in [0, 0.05) is 25.4 Å². The highest BCUT2D eigenvalue weighted by molar-refractivity contribution is 5.90. The number of rotatable bonds is 4. The first kappa shape index (κ1) is 15.5. The molecule has 2 amide bonds. The van der Waals surface area contributed by atoms with E-state index >= 15 is 0 Å². The van der Waals surface area contributed by atoms with Crippen LogP contribution in [0.5, 0.6) is 0 Å². The van der Waals surface area contributed by atoms with Crippen molar-refractivity contribution in [3.05, 3.63) is 30.1 Å². The Morgan fingerprint density at radius 3 is 2.62 bits per heavy atom. The SMILES string of the molecule is CCC(C)C1NC(=O)CCN(C(C)c2ccncc2)C1=O. The Morgan fingerprint density at radius 2 is 2.00 bits per heavy atom. The van der Waals surface area contributed by atoms with Crippen LogP contribution in [0.15, 0.2) is 24.5 Å². The number of hydrogen-bond acceptors (Lipinski definition) is 3. The van der Waals surface area contributed by atoms with Gasteiger partial charge in [-0.3, -0.25) is 14.6 Å². The summed E-state index contributed by atoms with van der Waals surface area (Å²) in [6.45, 7) is 6.49. The summed E-state index contributed by atoms with van der Waals surface area (Å²) in [4.78, 5) is 30.5. The van der Waals surface area contributed by atoms with Crippen LogP contribution >= 0.6 is 0 Å². The maximum absolute atomic E-state index is 12.8. The van der Waals surface area contributed by atoms with Crippen molar-refractivity contribution in [3.63, 3.8) is 0 Å². The van der Waals surface area contributed by atoms with Crippen LogP contribution in [0.4, 0.5) is 0 Å². The highest BCUT2D eigenvalue weighted by atomic mass is 16.2. The van der Waals surface area contributed by atoms with Gasteiger partial charge in [0.15, 0.2) is 0 Å². The number of carbonyl (C=O) groups is 2. The maximum atomic E-state index is 12.8. The summed E-state index contributed by atoms with van der Waals surface area (Å²) < 4.78 is 0. The van der Waals surface area contributed by atoms with Crippen molar-refractivity contribution in [2.75, 3.05) is 6.54 Å². The summed E-state index contributed by atoms with van der Waals surface area (Å²) in [7, 11) is 0. The number of pyridine rings is 1. The number of hydrogen-bond donors (Lipinski definition) is 1. The quantitative estimate of drug-likeness (QED) is 0.921. The third kappa shape index (κ3) is 3.40. The van der Waals surface area contributed by atoms with Gasteiger partial charge in [-0.2, -0.15) is 0 Å². The van der Waals surface area contributed by atoms with Crippen molar-refractivity contribution in [2.24, 2.45) is 5.92 Å². The van der Waals surface area contributed by atoms with Gasteiger partial charge in [-0.1, -0.05) is 20.3 Å². The molecule has 2 rings (SSSR count). The number of nitrogens with one attached hydrogen (secondary N) is 1. The van der Waals surface area contributed by atoms with Crippen LogP contribution in [-0.2, 0) is 9.59 Å². The molecule has 1 aromatic rings. The smallest absolute Gasteiger partial charge is 0.245 e. The lowest BCUT2D eigenvalue weighted by atomic mass is 9.97. The molecule has 1 aliphatic rings. The molecule has 5 nitrogen and oxygen atoms in total. The van der Waals surface area contributed by atoms with Gasteiger partial charge < -0.3 is 10.2 Å². The van der Waals surface area contributed by atoms with E-state index in [2.05, 4.69) is 10.3 Å². The van der Waals surface area contributed by atoms with Gasteiger partial charge in [0.1, 0.15) is 6.04 Å². The van der Waals surface area contributed by atoms with Crippen molar-refractivity contribution in [2.45, 2.75) is 45.7 Å². The average Bonchev–Trinajstić information content (AvgIpc) is 2.66. The average molecular weight is 289 g/mol. The summed E-state index contributed by atoms with van der Waals surface area (Å²) in [5.41, 5.74) is 1.04. The summed E-state index contributed by atoms with van der Waals surface area (Å²) >= 11 is 0. The maximum Gasteiger partial charge on any atom is 0.245 e. The van der Waals surface area contributed by atoms with Crippen LogP contribution in [-0.4, -0.2) is 34.3 Å². The lowest BCUT2D eigenvalue weighted by Crippen LogP contribution is -2.48. The van der Waals surface area contributed by atoms with Crippen LogP contribution < -0.4 is 5.32 Å². The summed E-state index contributed by atoms with van der Waals surface area (Å²) in [5.74, 6) is 0.101. The predicted octanol–water partition coefficient (Wildman–Crippen LogP) is 1.91. The minimum atomic E-state index is -0.422. The van der Waals surface area contributed by atoms with Gasteiger partial charge in [-0.05, 0) is 30.5 Å². The molecular formula is C16H23N3O2. The van der Waals surface area contributed by atoms with E-state index in [4.69, 9.17) is 0 Å². The molecule has 2 heterocycles. The molecule has 5 heteroatoms. The van der Waals surface area contributed by atoms with Gasteiger partial charge in [-0.25, -0.2) is 0 Å². The molecule has 0 spiro atoms. The molecule has 0 aromatic carbocycles. The first-order valence-electron chi connectivity index (χ1n) is 7.54. The van der Waals surface area contributed by atoms with E-state index < -0.39 is 6.04 Å². The predicted molar refractivity (Wildman–Crippen MR) is 80.4 cm³/mol. The molecule has 1 saturated heterocycles. The molecule has 114 valence electrons. The number of amides is 2. The third-order valence-corrected chi connectivity index (χ3v) is 4.31. The molecule has 1 aliphatic heterocycles. The van der Waals surface area contributed by atoms with E-state index in [1.165, 1.54) is 0 Å². The van der Waals surface area contributed by atoms with Gasteiger partial charge in [0.05, 0.1) is 6.04 Å². The van der Waals surface area contributed by atoms with Crippen LogP contribution in [0, 0.1) is 5.92 Å². The second kappa shape index (κ2) is 6.70. The van der Waals surface area contributed by atoms with E-state index in [0.717, 1.165) is 12.0 Å². The normalized spacial score (nSPS) is 22.4. The van der Waals surface area contributed by atoms with Crippen molar-refractivity contribution < 1.29 is 9.59 Å². The second-order valence-electron chi connectivity index (χ2n) is 5.67. The minimum absolute atomic E-state index is 0.0134. The molecule has 0 radical (unpaired) electrons. The Kier molecular flexibility index (Phi) is 4.94. The van der Waals surface area contributed by atoms with Gasteiger partial charge in [0.2, 0.25) is 11.8 Å². The van der Waals surface area contributed by atoms with Crippen molar-refractivity contribution in [1.29, 1.82) is 0 Å². The standard InChI is InChI=1S/C16H23N3O2/c1-4-11(2)15-16(21)19(10-7-14(20)18-15)12(3)13-5-8-17-9-6-13/h5-6,8-9,11-12,15H,4,7,10H2,1-3H3,(H,18,20). The van der Waals surface area contributed by atoms with Crippen LogP contribution in [0.2, 0.25) is 0 Å². The molecule has 1 aromatic heterocycles. The summed E-state index contributed by atoms with van der Waals surface area (Å²) in [6.07, 6.45) is 4.66. The Labute approximate surface area is 125 Å². The zero-order valence-electron chi connectivity index (χ0n) is 12.9. The molecule has 21 heavy (non-hydrogen) atoms. The largest absolute Gasteiger partial charge is 0.344 e. The van der Waals surface area contributed by atoms with E-state index in [1.807, 2.05) is 37.8 Å². The first-order chi connectivity index (χ1) is 10.0. The van der Waals surface area contributed by atoms with Crippen molar-refractivity contribution in [1.82, 2.24) is 15.2 Å². The number of carbonyl (C=O) groups excluding carboxylic acids is 2.